The quantitative estimate of drug-likeness (QED) is 0.896. The van der Waals surface area contributed by atoms with Gasteiger partial charge >= 0.3 is 0 Å². The number of amides is 1. The number of hydrogen-bond acceptors (Lipinski definition) is 4. The van der Waals surface area contributed by atoms with Crippen LogP contribution in [0.1, 0.15) is 63.0 Å². The molecule has 1 aromatic heterocycles. The predicted octanol–water partition coefficient (Wildman–Crippen LogP) is 1.90. The van der Waals surface area contributed by atoms with Crippen LogP contribution in [0.15, 0.2) is 4.79 Å². The van der Waals surface area contributed by atoms with E-state index in [0.717, 1.165) is 68.9 Å². The Morgan fingerprint density at radius 3 is 2.54 bits per heavy atom. The zero-order chi connectivity index (χ0) is 18.4. The second-order valence-electron chi connectivity index (χ2n) is 8.61. The van der Waals surface area contributed by atoms with Gasteiger partial charge in [-0.3, -0.25) is 14.5 Å². The van der Waals surface area contributed by atoms with E-state index in [9.17, 15) is 9.59 Å². The third kappa shape index (κ3) is 3.31. The highest BCUT2D eigenvalue weighted by atomic mass is 16.2. The van der Waals surface area contributed by atoms with Crippen LogP contribution in [-0.2, 0) is 17.8 Å². The summed E-state index contributed by atoms with van der Waals surface area (Å²) in [6, 6.07) is 0.465. The van der Waals surface area contributed by atoms with Crippen molar-refractivity contribution in [2.24, 2.45) is 11.8 Å². The number of carbonyl (C=O) groups is 1. The Morgan fingerprint density at radius 1 is 1.23 bits per heavy atom. The molecule has 3 aliphatic rings. The molecule has 1 amide bonds. The summed E-state index contributed by atoms with van der Waals surface area (Å²) in [5, 5.41) is 0. The molecule has 0 bridgehead atoms. The van der Waals surface area contributed by atoms with Gasteiger partial charge in [0.25, 0.3) is 5.56 Å². The molecule has 4 rings (SSSR count). The van der Waals surface area contributed by atoms with Gasteiger partial charge < -0.3 is 9.88 Å². The summed E-state index contributed by atoms with van der Waals surface area (Å²) in [5.74, 6) is 2.22. The first-order valence-corrected chi connectivity index (χ1v) is 10.1. The molecule has 2 atom stereocenters. The molecule has 1 N–H and O–H groups in total. The van der Waals surface area contributed by atoms with Crippen LogP contribution < -0.4 is 5.56 Å². The number of likely N-dealkylation sites (tertiary alicyclic amines) is 1. The van der Waals surface area contributed by atoms with Crippen LogP contribution in [0.25, 0.3) is 0 Å². The topological polar surface area (TPSA) is 69.3 Å². The molecule has 0 spiro atoms. The molecule has 26 heavy (non-hydrogen) atoms. The Labute approximate surface area is 155 Å². The van der Waals surface area contributed by atoms with Crippen LogP contribution in [0.4, 0.5) is 0 Å². The van der Waals surface area contributed by atoms with E-state index < -0.39 is 0 Å². The average molecular weight is 358 g/mol. The van der Waals surface area contributed by atoms with Gasteiger partial charge in [0.1, 0.15) is 5.82 Å². The Morgan fingerprint density at radius 2 is 1.92 bits per heavy atom. The second-order valence-corrected chi connectivity index (χ2v) is 8.61. The summed E-state index contributed by atoms with van der Waals surface area (Å²) in [7, 11) is 0. The molecule has 6 nitrogen and oxygen atoms in total. The summed E-state index contributed by atoms with van der Waals surface area (Å²) in [6.45, 7) is 9.78. The van der Waals surface area contributed by atoms with Crippen molar-refractivity contribution in [1.82, 2.24) is 19.8 Å². The highest BCUT2D eigenvalue weighted by molar-refractivity contribution is 5.81. The van der Waals surface area contributed by atoms with Crippen molar-refractivity contribution in [3.05, 3.63) is 27.4 Å². The number of nitrogens with one attached hydrogen (secondary N) is 1. The molecule has 2 unspecified atom stereocenters. The predicted molar refractivity (Wildman–Crippen MR) is 99.9 cm³/mol. The van der Waals surface area contributed by atoms with E-state index in [-0.39, 0.29) is 17.4 Å². The number of aromatic amines is 1. The Kier molecular flexibility index (Phi) is 4.63. The first-order valence-electron chi connectivity index (χ1n) is 10.1. The van der Waals surface area contributed by atoms with E-state index in [1.807, 2.05) is 4.90 Å². The normalized spacial score (nSPS) is 26.8. The fourth-order valence-electron chi connectivity index (χ4n) is 4.39. The molecule has 2 fully saturated rings. The lowest BCUT2D eigenvalue weighted by molar-refractivity contribution is -0.133. The van der Waals surface area contributed by atoms with Crippen molar-refractivity contribution in [2.45, 2.75) is 65.0 Å². The maximum absolute atomic E-state index is 12.5. The van der Waals surface area contributed by atoms with Crippen LogP contribution in [0.3, 0.4) is 0 Å². The molecule has 1 saturated carbocycles. The summed E-state index contributed by atoms with van der Waals surface area (Å²) in [5.41, 5.74) is 1.86. The van der Waals surface area contributed by atoms with Crippen LogP contribution >= 0.6 is 0 Å². The second kappa shape index (κ2) is 6.80. The van der Waals surface area contributed by atoms with E-state index in [4.69, 9.17) is 4.98 Å². The van der Waals surface area contributed by atoms with Crippen molar-refractivity contribution in [1.29, 1.82) is 0 Å². The molecular formula is C20H30N4O2. The third-order valence-corrected chi connectivity index (χ3v) is 6.47. The van der Waals surface area contributed by atoms with Crippen molar-refractivity contribution in [3.8, 4) is 0 Å². The number of aromatic nitrogens is 2. The monoisotopic (exact) mass is 358 g/mol. The minimum absolute atomic E-state index is 0.0405. The van der Waals surface area contributed by atoms with Gasteiger partial charge in [-0.25, -0.2) is 4.98 Å². The fourth-order valence-corrected chi connectivity index (χ4v) is 4.39. The minimum Gasteiger partial charge on any atom is -0.342 e. The first-order chi connectivity index (χ1) is 12.4. The van der Waals surface area contributed by atoms with E-state index in [2.05, 4.69) is 30.7 Å². The number of rotatable bonds is 3. The van der Waals surface area contributed by atoms with Gasteiger partial charge in [-0.2, -0.15) is 0 Å². The number of nitrogens with zero attached hydrogens (tertiary/aromatic N) is 3. The Hall–Kier alpha value is -1.69. The number of piperidine rings is 1. The van der Waals surface area contributed by atoms with Gasteiger partial charge in [-0.1, -0.05) is 6.92 Å². The van der Waals surface area contributed by atoms with Crippen LogP contribution in [0, 0.1) is 11.8 Å². The van der Waals surface area contributed by atoms with E-state index in [1.165, 1.54) is 0 Å². The maximum Gasteiger partial charge on any atom is 0.254 e. The third-order valence-electron chi connectivity index (χ3n) is 6.47. The first kappa shape index (κ1) is 17.7. The van der Waals surface area contributed by atoms with Crippen molar-refractivity contribution >= 4 is 5.91 Å². The van der Waals surface area contributed by atoms with E-state index >= 15 is 0 Å². The molecule has 2 aliphatic heterocycles. The lowest BCUT2D eigenvalue weighted by Crippen LogP contribution is -2.41. The molecule has 0 radical (unpaired) electrons. The van der Waals surface area contributed by atoms with Gasteiger partial charge in [0, 0.05) is 49.6 Å². The van der Waals surface area contributed by atoms with Crippen LogP contribution in [-0.4, -0.2) is 51.4 Å². The Balaban J connectivity index is 1.46. The molecule has 1 saturated heterocycles. The average Bonchev–Trinajstić information content (AvgIpc) is 3.37. The van der Waals surface area contributed by atoms with Gasteiger partial charge in [0.15, 0.2) is 0 Å². The number of carbonyl (C=O) groups excluding carboxylic acids is 1. The summed E-state index contributed by atoms with van der Waals surface area (Å²) in [4.78, 5) is 37.2. The van der Waals surface area contributed by atoms with Crippen LogP contribution in [0.2, 0.25) is 0 Å². The van der Waals surface area contributed by atoms with Gasteiger partial charge in [0.2, 0.25) is 5.91 Å². The molecule has 0 aromatic carbocycles. The number of fused-ring (bicyclic) bond motifs is 1. The SMILES string of the molecule is CC1CC1C(=O)N1CCC(c2nc3c(c(=O)[nH]2)CCN(C(C)C)C3)CC1. The largest absolute Gasteiger partial charge is 0.342 e. The molecule has 1 aliphatic carbocycles. The molecule has 3 heterocycles. The lowest BCUT2D eigenvalue weighted by Gasteiger charge is -2.33. The number of H-pyrrole nitrogens is 1. The summed E-state index contributed by atoms with van der Waals surface area (Å²) in [6.07, 6.45) is 3.61. The van der Waals surface area contributed by atoms with E-state index in [1.54, 1.807) is 0 Å². The van der Waals surface area contributed by atoms with Crippen molar-refractivity contribution in [3.63, 3.8) is 0 Å². The lowest BCUT2D eigenvalue weighted by atomic mass is 9.95. The fraction of sp³-hybridized carbons (Fsp3) is 0.750. The molecule has 142 valence electrons. The van der Waals surface area contributed by atoms with E-state index in [0.29, 0.717) is 17.9 Å². The highest BCUT2D eigenvalue weighted by Crippen LogP contribution is 2.40. The van der Waals surface area contributed by atoms with Gasteiger partial charge in [0.05, 0.1) is 5.69 Å². The van der Waals surface area contributed by atoms with Crippen LogP contribution in [0.5, 0.6) is 0 Å². The highest BCUT2D eigenvalue weighted by Gasteiger charge is 2.42. The summed E-state index contributed by atoms with van der Waals surface area (Å²) < 4.78 is 0. The number of hydrogen-bond donors (Lipinski definition) is 1. The maximum atomic E-state index is 12.5. The molecule has 1 aromatic rings. The summed E-state index contributed by atoms with van der Waals surface area (Å²) >= 11 is 0. The standard InChI is InChI=1S/C20H30N4O2/c1-12(2)24-9-6-15-17(11-24)21-18(22-19(15)25)14-4-7-23(8-5-14)20(26)16-10-13(16)3/h12-14,16H,4-11H2,1-3H3,(H,21,22,25). The molecular weight excluding hydrogens is 328 g/mol. The molecule has 6 heteroatoms. The van der Waals surface area contributed by atoms with Crippen molar-refractivity contribution < 1.29 is 4.79 Å². The zero-order valence-corrected chi connectivity index (χ0v) is 16.1. The van der Waals surface area contributed by atoms with Crippen molar-refractivity contribution in [2.75, 3.05) is 19.6 Å². The van der Waals surface area contributed by atoms with Gasteiger partial charge in [-0.05, 0) is 45.4 Å². The zero-order valence-electron chi connectivity index (χ0n) is 16.1. The Bertz CT molecular complexity index is 749. The minimum atomic E-state index is 0.0405. The van der Waals surface area contributed by atoms with Gasteiger partial charge in [-0.15, -0.1) is 0 Å². The smallest absolute Gasteiger partial charge is 0.254 e.